The number of benzene rings is 1. The molecule has 0 spiro atoms. The molecule has 268 valence electrons. The lowest BCUT2D eigenvalue weighted by atomic mass is 9.93. The average molecular weight is 686 g/mol. The summed E-state index contributed by atoms with van der Waals surface area (Å²) in [6.07, 6.45) is 2.22. The number of ether oxygens (including phenoxy) is 1. The molecule has 49 heavy (non-hydrogen) atoms. The molecule has 10 nitrogen and oxygen atoms in total. The molecule has 3 aromatic rings. The summed E-state index contributed by atoms with van der Waals surface area (Å²) in [5, 5.41) is 13.7. The van der Waals surface area contributed by atoms with Gasteiger partial charge in [-0.1, -0.05) is 24.3 Å². The Morgan fingerprint density at radius 1 is 1.00 bits per heavy atom. The van der Waals surface area contributed by atoms with Crippen LogP contribution in [-0.2, 0) is 11.3 Å². The Labute approximate surface area is 286 Å². The second-order valence-electron chi connectivity index (χ2n) is 15.0. The molecule has 2 aliphatic heterocycles. The number of aliphatic hydroxyl groups is 1. The molecule has 0 atom stereocenters. The maximum absolute atomic E-state index is 12.7. The number of anilines is 1. The van der Waals surface area contributed by atoms with Gasteiger partial charge in [-0.2, -0.15) is 18.2 Å². The second kappa shape index (κ2) is 14.8. The number of nitrogens with one attached hydrogen (secondary N) is 1. The summed E-state index contributed by atoms with van der Waals surface area (Å²) >= 11 is 0. The zero-order valence-corrected chi connectivity index (χ0v) is 28.9. The van der Waals surface area contributed by atoms with E-state index in [0.717, 1.165) is 88.1 Å². The van der Waals surface area contributed by atoms with Crippen molar-refractivity contribution in [3.8, 4) is 11.1 Å². The van der Waals surface area contributed by atoms with E-state index in [2.05, 4.69) is 60.1 Å². The van der Waals surface area contributed by atoms with Gasteiger partial charge in [-0.3, -0.25) is 4.90 Å². The van der Waals surface area contributed by atoms with Gasteiger partial charge in [0.1, 0.15) is 11.2 Å². The quantitative estimate of drug-likeness (QED) is 0.256. The average Bonchev–Trinajstić information content (AvgIpc) is 3.39. The Morgan fingerprint density at radius 2 is 1.67 bits per heavy atom. The number of rotatable bonds is 10. The van der Waals surface area contributed by atoms with E-state index in [1.54, 1.807) is 11.1 Å². The number of alkyl halides is 3. The highest BCUT2D eigenvalue weighted by Crippen LogP contribution is 2.37. The van der Waals surface area contributed by atoms with E-state index in [1.807, 2.05) is 20.8 Å². The molecule has 3 fully saturated rings. The van der Waals surface area contributed by atoms with Gasteiger partial charge in [-0.25, -0.2) is 9.78 Å². The van der Waals surface area contributed by atoms with E-state index in [4.69, 9.17) is 4.74 Å². The predicted octanol–water partition coefficient (Wildman–Crippen LogP) is 6.31. The first-order valence-corrected chi connectivity index (χ1v) is 17.7. The number of halogens is 3. The number of piperazine rings is 1. The minimum atomic E-state index is -4.25. The Hall–Kier alpha value is -3.42. The van der Waals surface area contributed by atoms with Crippen LogP contribution in [0.4, 0.5) is 23.9 Å². The summed E-state index contributed by atoms with van der Waals surface area (Å²) < 4.78 is 45.8. The molecule has 1 aromatic carbocycles. The molecule has 3 aliphatic rings. The Morgan fingerprint density at radius 3 is 2.33 bits per heavy atom. The number of nitrogens with zero attached hydrogens (tertiary/aromatic N) is 6. The first-order chi connectivity index (χ1) is 23.3. The van der Waals surface area contributed by atoms with Crippen molar-refractivity contribution in [2.45, 2.75) is 89.8 Å². The fourth-order valence-corrected chi connectivity index (χ4v) is 7.09. The fraction of sp³-hybridized carbons (Fsp3) is 0.639. The van der Waals surface area contributed by atoms with E-state index >= 15 is 0 Å². The standard InChI is InChI=1S/C36H50F3N7O3/c1-35(2,3)49-34(48)45-22-26(23-45)12-15-43-16-18-44(19-17-43)21-25-4-6-27(7-5-25)31-24-46(28-8-10-29(47)11-9-28)32-30(31)20-41-33(42-32)40-14-13-36(37,38)39/h4-7,20,24,26,28-29,47H,8-19,21-23H2,1-3H3,(H,40,41,42)/t28-,29-. The first-order valence-electron chi connectivity index (χ1n) is 17.7. The summed E-state index contributed by atoms with van der Waals surface area (Å²) in [6.45, 7) is 13.0. The van der Waals surface area contributed by atoms with Crippen LogP contribution >= 0.6 is 0 Å². The third-order valence-electron chi connectivity index (χ3n) is 9.92. The molecule has 0 unspecified atom stereocenters. The van der Waals surface area contributed by atoms with Gasteiger partial charge in [0, 0.05) is 81.7 Å². The van der Waals surface area contributed by atoms with Crippen molar-refractivity contribution in [2.24, 2.45) is 5.92 Å². The zero-order valence-electron chi connectivity index (χ0n) is 28.9. The smallest absolute Gasteiger partial charge is 0.410 e. The molecular weight excluding hydrogens is 635 g/mol. The number of carbonyl (C=O) groups is 1. The Kier molecular flexibility index (Phi) is 10.7. The van der Waals surface area contributed by atoms with Gasteiger partial charge in [0.05, 0.1) is 12.5 Å². The van der Waals surface area contributed by atoms with Crippen molar-refractivity contribution in [3.63, 3.8) is 0 Å². The molecule has 4 heterocycles. The number of hydrogen-bond donors (Lipinski definition) is 2. The molecule has 1 aliphatic carbocycles. The molecule has 1 amide bonds. The van der Waals surface area contributed by atoms with Gasteiger partial charge in [0.2, 0.25) is 5.95 Å². The molecule has 1 saturated carbocycles. The van der Waals surface area contributed by atoms with Gasteiger partial charge >= 0.3 is 12.3 Å². The van der Waals surface area contributed by atoms with Gasteiger partial charge < -0.3 is 29.5 Å². The minimum absolute atomic E-state index is 0.149. The lowest BCUT2D eigenvalue weighted by Gasteiger charge is -2.41. The molecular formula is C36H50F3N7O3. The van der Waals surface area contributed by atoms with Crippen molar-refractivity contribution in [1.29, 1.82) is 0 Å². The molecule has 2 N–H and O–H groups in total. The van der Waals surface area contributed by atoms with Crippen LogP contribution in [0.2, 0.25) is 0 Å². The van der Waals surface area contributed by atoms with Gasteiger partial charge in [0.15, 0.2) is 0 Å². The normalized spacial score (nSPS) is 21.6. The number of aromatic nitrogens is 3. The van der Waals surface area contributed by atoms with E-state index < -0.39 is 18.2 Å². The van der Waals surface area contributed by atoms with Crippen molar-refractivity contribution in [3.05, 3.63) is 42.2 Å². The number of aliphatic hydroxyl groups excluding tert-OH is 1. The lowest BCUT2D eigenvalue weighted by Crippen LogP contribution is -2.53. The van der Waals surface area contributed by atoms with E-state index in [-0.39, 0.29) is 30.7 Å². The van der Waals surface area contributed by atoms with Crippen molar-refractivity contribution in [1.82, 2.24) is 29.2 Å². The van der Waals surface area contributed by atoms with Crippen LogP contribution < -0.4 is 5.32 Å². The highest BCUT2D eigenvalue weighted by Gasteiger charge is 2.34. The molecule has 0 radical (unpaired) electrons. The predicted molar refractivity (Wildman–Crippen MR) is 183 cm³/mol. The van der Waals surface area contributed by atoms with Crippen molar-refractivity contribution in [2.75, 3.05) is 57.7 Å². The summed E-state index contributed by atoms with van der Waals surface area (Å²) in [4.78, 5) is 28.0. The van der Waals surface area contributed by atoms with Crippen molar-refractivity contribution < 1.29 is 27.8 Å². The van der Waals surface area contributed by atoms with Crippen LogP contribution in [0.1, 0.15) is 70.9 Å². The number of amides is 1. The largest absolute Gasteiger partial charge is 0.444 e. The SMILES string of the molecule is CC(C)(C)OC(=O)N1CC(CCN2CCN(Cc3ccc(-c4cn([C@H]5CC[C@H](O)CC5)c5nc(NCCC(F)(F)F)ncc45)cc3)CC2)C1. The topological polar surface area (TPSA) is 99.0 Å². The van der Waals surface area contributed by atoms with Crippen LogP contribution in [0.15, 0.2) is 36.7 Å². The summed E-state index contributed by atoms with van der Waals surface area (Å²) in [5.41, 5.74) is 3.51. The minimum Gasteiger partial charge on any atom is -0.444 e. The van der Waals surface area contributed by atoms with E-state index in [9.17, 15) is 23.1 Å². The highest BCUT2D eigenvalue weighted by atomic mass is 19.4. The van der Waals surface area contributed by atoms with Gasteiger partial charge in [-0.15, -0.1) is 0 Å². The summed E-state index contributed by atoms with van der Waals surface area (Å²) in [7, 11) is 0. The monoisotopic (exact) mass is 685 g/mol. The second-order valence-corrected chi connectivity index (χ2v) is 15.0. The highest BCUT2D eigenvalue weighted by molar-refractivity contribution is 5.94. The van der Waals surface area contributed by atoms with Crippen LogP contribution in [0, 0.1) is 5.92 Å². The third kappa shape index (κ3) is 9.43. The maximum Gasteiger partial charge on any atom is 0.410 e. The molecule has 13 heteroatoms. The summed E-state index contributed by atoms with van der Waals surface area (Å²) in [6, 6.07) is 8.75. The Bertz CT molecular complexity index is 1550. The number of fused-ring (bicyclic) bond motifs is 1. The van der Waals surface area contributed by atoms with E-state index in [1.165, 1.54) is 5.56 Å². The van der Waals surface area contributed by atoms with Crippen LogP contribution in [0.3, 0.4) is 0 Å². The summed E-state index contributed by atoms with van der Waals surface area (Å²) in [5.74, 6) is 0.726. The zero-order chi connectivity index (χ0) is 34.8. The van der Waals surface area contributed by atoms with E-state index in [0.29, 0.717) is 24.4 Å². The Balaban J connectivity index is 1.03. The van der Waals surface area contributed by atoms with Crippen molar-refractivity contribution >= 4 is 23.1 Å². The first kappa shape index (κ1) is 35.4. The van der Waals surface area contributed by atoms with Gasteiger partial charge in [-0.05, 0) is 76.5 Å². The fourth-order valence-electron chi connectivity index (χ4n) is 7.09. The molecule has 6 rings (SSSR count). The molecule has 0 bridgehead atoms. The molecule has 2 saturated heterocycles. The third-order valence-corrected chi connectivity index (χ3v) is 9.92. The lowest BCUT2D eigenvalue weighted by molar-refractivity contribution is -0.131. The maximum atomic E-state index is 12.7. The number of hydrogen-bond acceptors (Lipinski definition) is 8. The van der Waals surface area contributed by atoms with Crippen LogP contribution in [0.5, 0.6) is 0 Å². The number of likely N-dealkylation sites (tertiary alicyclic amines) is 1. The van der Waals surface area contributed by atoms with Crippen LogP contribution in [-0.4, -0.2) is 111 Å². The number of carbonyl (C=O) groups excluding carboxylic acids is 1. The van der Waals surface area contributed by atoms with Gasteiger partial charge in [0.25, 0.3) is 0 Å². The molecule has 2 aromatic heterocycles. The van der Waals surface area contributed by atoms with Crippen LogP contribution in [0.25, 0.3) is 22.2 Å².